The van der Waals surface area contributed by atoms with Gasteiger partial charge in [0.2, 0.25) is 0 Å². The molecule has 0 aliphatic rings. The monoisotopic (exact) mass is 410 g/mol. The Kier molecular flexibility index (Phi) is 6.10. The molecule has 0 aliphatic carbocycles. The highest BCUT2D eigenvalue weighted by Gasteiger charge is 2.17. The Bertz CT molecular complexity index is 1100. The molecule has 0 unspecified atom stereocenters. The predicted molar refractivity (Wildman–Crippen MR) is 110 cm³/mol. The van der Waals surface area contributed by atoms with Crippen LogP contribution in [0.2, 0.25) is 0 Å². The van der Waals surface area contributed by atoms with Crippen molar-refractivity contribution in [1.29, 1.82) is 0 Å². The van der Waals surface area contributed by atoms with E-state index in [4.69, 9.17) is 9.47 Å². The average Bonchev–Trinajstić information content (AvgIpc) is 3.01. The zero-order valence-corrected chi connectivity index (χ0v) is 17.2. The lowest BCUT2D eigenvalue weighted by molar-refractivity contribution is 0.0525. The minimum Gasteiger partial charge on any atom is -0.462 e. The molecular formula is C21H22N4O5. The Balaban J connectivity index is 1.94. The number of hydrogen-bond donors (Lipinski definition) is 1. The second kappa shape index (κ2) is 8.73. The third-order valence-electron chi connectivity index (χ3n) is 4.34. The van der Waals surface area contributed by atoms with E-state index in [-0.39, 0.29) is 30.0 Å². The molecule has 0 spiro atoms. The van der Waals surface area contributed by atoms with Crippen LogP contribution in [-0.2, 0) is 16.5 Å². The minimum atomic E-state index is -0.604. The van der Waals surface area contributed by atoms with Crippen molar-refractivity contribution in [3.8, 4) is 0 Å². The summed E-state index contributed by atoms with van der Waals surface area (Å²) in [5.41, 5.74) is 2.26. The molecule has 0 saturated heterocycles. The summed E-state index contributed by atoms with van der Waals surface area (Å²) in [5, 5.41) is 7.76. The fourth-order valence-electron chi connectivity index (χ4n) is 3.00. The van der Waals surface area contributed by atoms with Gasteiger partial charge in [-0.25, -0.2) is 14.6 Å². The van der Waals surface area contributed by atoms with E-state index in [1.807, 2.05) is 6.92 Å². The topological polar surface area (TPSA) is 112 Å². The van der Waals surface area contributed by atoms with Gasteiger partial charge in [-0.05, 0) is 45.0 Å². The van der Waals surface area contributed by atoms with Gasteiger partial charge >= 0.3 is 11.9 Å². The van der Waals surface area contributed by atoms with Crippen LogP contribution in [0, 0.1) is 6.92 Å². The number of hydrogen-bond acceptors (Lipinski definition) is 7. The van der Waals surface area contributed by atoms with E-state index in [9.17, 15) is 14.4 Å². The van der Waals surface area contributed by atoms with E-state index in [1.165, 1.54) is 24.4 Å². The number of benzene rings is 1. The third-order valence-corrected chi connectivity index (χ3v) is 4.34. The number of carbonyl (C=O) groups excluding carboxylic acids is 3. The van der Waals surface area contributed by atoms with Gasteiger partial charge in [-0.2, -0.15) is 5.10 Å². The minimum absolute atomic E-state index is 0.134. The molecule has 1 aromatic carbocycles. The van der Waals surface area contributed by atoms with Crippen molar-refractivity contribution in [3.05, 3.63) is 52.8 Å². The molecule has 1 amide bonds. The van der Waals surface area contributed by atoms with Crippen LogP contribution >= 0.6 is 0 Å². The van der Waals surface area contributed by atoms with Crippen LogP contribution in [0.25, 0.3) is 11.0 Å². The first kappa shape index (κ1) is 21.0. The van der Waals surface area contributed by atoms with Gasteiger partial charge in [0.25, 0.3) is 5.91 Å². The normalized spacial score (nSPS) is 10.7. The van der Waals surface area contributed by atoms with Gasteiger partial charge in [0.05, 0.1) is 35.6 Å². The molecule has 0 bridgehead atoms. The number of esters is 2. The fourth-order valence-corrected chi connectivity index (χ4v) is 3.00. The number of rotatable bonds is 6. The molecule has 3 aromatic rings. The SMILES string of the molecule is CCOC(=O)c1cc(NC(=O)c2cnc3c(c2)c(C)nn3C)cc(C(=O)OCC)c1. The lowest BCUT2D eigenvalue weighted by Crippen LogP contribution is -2.15. The van der Waals surface area contributed by atoms with E-state index >= 15 is 0 Å². The van der Waals surface area contributed by atoms with E-state index in [0.29, 0.717) is 11.2 Å². The smallest absolute Gasteiger partial charge is 0.338 e. The van der Waals surface area contributed by atoms with E-state index in [2.05, 4.69) is 15.4 Å². The van der Waals surface area contributed by atoms with Crippen molar-refractivity contribution in [2.24, 2.45) is 7.05 Å². The highest BCUT2D eigenvalue weighted by molar-refractivity contribution is 6.07. The van der Waals surface area contributed by atoms with Crippen LogP contribution in [0.4, 0.5) is 5.69 Å². The first-order valence-electron chi connectivity index (χ1n) is 9.44. The Morgan fingerprint density at radius 2 is 1.57 bits per heavy atom. The van der Waals surface area contributed by atoms with Crippen molar-refractivity contribution >= 4 is 34.6 Å². The van der Waals surface area contributed by atoms with E-state index in [1.54, 1.807) is 31.6 Å². The van der Waals surface area contributed by atoms with Gasteiger partial charge in [0.1, 0.15) is 0 Å². The molecule has 2 heterocycles. The molecule has 1 N–H and O–H groups in total. The summed E-state index contributed by atoms with van der Waals surface area (Å²) < 4.78 is 11.7. The number of nitrogens with one attached hydrogen (secondary N) is 1. The third kappa shape index (κ3) is 4.29. The molecule has 9 nitrogen and oxygen atoms in total. The number of aromatic nitrogens is 3. The molecule has 3 rings (SSSR count). The van der Waals surface area contributed by atoms with Crippen molar-refractivity contribution in [2.45, 2.75) is 20.8 Å². The summed E-state index contributed by atoms with van der Waals surface area (Å²) in [6.07, 6.45) is 1.44. The second-order valence-corrected chi connectivity index (χ2v) is 6.50. The molecule has 0 atom stereocenters. The van der Waals surface area contributed by atoms with Crippen LogP contribution in [0.3, 0.4) is 0 Å². The quantitative estimate of drug-likeness (QED) is 0.622. The first-order chi connectivity index (χ1) is 14.3. The lowest BCUT2D eigenvalue weighted by atomic mass is 10.1. The van der Waals surface area contributed by atoms with Crippen LogP contribution < -0.4 is 5.32 Å². The molecule has 0 aliphatic heterocycles. The lowest BCUT2D eigenvalue weighted by Gasteiger charge is -2.10. The number of carbonyl (C=O) groups is 3. The van der Waals surface area contributed by atoms with Crippen molar-refractivity contribution in [3.63, 3.8) is 0 Å². The van der Waals surface area contributed by atoms with E-state index in [0.717, 1.165) is 11.1 Å². The van der Waals surface area contributed by atoms with E-state index < -0.39 is 17.8 Å². The van der Waals surface area contributed by atoms with Gasteiger partial charge in [0.15, 0.2) is 5.65 Å². The summed E-state index contributed by atoms with van der Waals surface area (Å²) in [6.45, 7) is 5.56. The number of aryl methyl sites for hydroxylation is 2. The average molecular weight is 410 g/mol. The number of amides is 1. The maximum Gasteiger partial charge on any atom is 0.338 e. The first-order valence-corrected chi connectivity index (χ1v) is 9.44. The number of pyridine rings is 1. The summed E-state index contributed by atoms with van der Waals surface area (Å²) in [4.78, 5) is 41.4. The van der Waals surface area contributed by atoms with Gasteiger partial charge in [0, 0.05) is 24.3 Å². The molecule has 0 saturated carbocycles. The maximum atomic E-state index is 12.8. The molecule has 156 valence electrons. The van der Waals surface area contributed by atoms with Gasteiger partial charge in [-0.15, -0.1) is 0 Å². The molecule has 2 aromatic heterocycles. The highest BCUT2D eigenvalue weighted by atomic mass is 16.5. The number of fused-ring (bicyclic) bond motifs is 1. The molecular weight excluding hydrogens is 388 g/mol. The predicted octanol–water partition coefficient (Wildman–Crippen LogP) is 2.88. The Labute approximate surface area is 173 Å². The zero-order valence-electron chi connectivity index (χ0n) is 17.2. The number of nitrogens with zero attached hydrogens (tertiary/aromatic N) is 3. The number of anilines is 1. The zero-order chi connectivity index (χ0) is 21.8. The van der Waals surface area contributed by atoms with Crippen LogP contribution in [0.15, 0.2) is 30.5 Å². The van der Waals surface area contributed by atoms with Crippen molar-refractivity contribution in [1.82, 2.24) is 14.8 Å². The van der Waals surface area contributed by atoms with Crippen molar-refractivity contribution in [2.75, 3.05) is 18.5 Å². The fraction of sp³-hybridized carbons (Fsp3) is 0.286. The summed E-state index contributed by atoms with van der Waals surface area (Å²) >= 11 is 0. The van der Waals surface area contributed by atoms with Crippen molar-refractivity contribution < 1.29 is 23.9 Å². The molecule has 0 fully saturated rings. The summed E-state index contributed by atoms with van der Waals surface area (Å²) in [6, 6.07) is 5.96. The Morgan fingerprint density at radius 3 is 2.13 bits per heavy atom. The Hall–Kier alpha value is -3.75. The van der Waals surface area contributed by atoms with Crippen LogP contribution in [0.5, 0.6) is 0 Å². The maximum absolute atomic E-state index is 12.8. The summed E-state index contributed by atoms with van der Waals surface area (Å²) in [5.74, 6) is -1.65. The van der Waals surface area contributed by atoms with Crippen LogP contribution in [-0.4, -0.2) is 45.8 Å². The largest absolute Gasteiger partial charge is 0.462 e. The second-order valence-electron chi connectivity index (χ2n) is 6.50. The standard InChI is InChI=1S/C21H22N4O5/c1-5-29-20(27)13-7-14(21(28)30-6-2)9-16(8-13)23-19(26)15-10-17-12(3)24-25(4)18(17)22-11-15/h7-11H,5-6H2,1-4H3,(H,23,26). The van der Waals surface area contributed by atoms with Gasteiger partial charge < -0.3 is 14.8 Å². The van der Waals surface area contributed by atoms with Gasteiger partial charge in [-0.1, -0.05) is 0 Å². The Morgan fingerprint density at radius 1 is 0.967 bits per heavy atom. The molecule has 30 heavy (non-hydrogen) atoms. The molecule has 9 heteroatoms. The van der Waals surface area contributed by atoms with Crippen LogP contribution in [0.1, 0.15) is 50.6 Å². The van der Waals surface area contributed by atoms with Gasteiger partial charge in [-0.3, -0.25) is 9.48 Å². The molecule has 0 radical (unpaired) electrons. The summed E-state index contributed by atoms with van der Waals surface area (Å²) in [7, 11) is 1.78. The number of ether oxygens (including phenoxy) is 2. The highest BCUT2D eigenvalue weighted by Crippen LogP contribution is 2.20.